The highest BCUT2D eigenvalue weighted by atomic mass is 35.5. The second-order valence-electron chi connectivity index (χ2n) is 7.34. The van der Waals surface area contributed by atoms with Crippen LogP contribution < -0.4 is 16.6 Å². The summed E-state index contributed by atoms with van der Waals surface area (Å²) in [6, 6.07) is 11.5. The molecule has 4 rings (SSSR count). The summed E-state index contributed by atoms with van der Waals surface area (Å²) in [5.41, 5.74) is 1.21. The zero-order valence-corrected chi connectivity index (χ0v) is 19.4. The van der Waals surface area contributed by atoms with Gasteiger partial charge in [-0.05, 0) is 42.0 Å². The molecule has 0 atom stereocenters. The van der Waals surface area contributed by atoms with E-state index in [9.17, 15) is 14.4 Å². The van der Waals surface area contributed by atoms with Crippen LogP contribution in [0, 0.1) is 0 Å². The summed E-state index contributed by atoms with van der Waals surface area (Å²) in [6.45, 7) is 0.0290. The Morgan fingerprint density at radius 3 is 2.36 bits per heavy atom. The number of rotatable bonds is 5. The number of fused-ring (bicyclic) bond motifs is 1. The van der Waals surface area contributed by atoms with Gasteiger partial charge in [-0.2, -0.15) is 4.98 Å². The number of carbonyl (C=O) groups excluding carboxylic acids is 1. The Morgan fingerprint density at radius 2 is 1.73 bits per heavy atom. The second-order valence-corrected chi connectivity index (χ2v) is 8.16. The fourth-order valence-corrected chi connectivity index (χ4v) is 3.77. The second kappa shape index (κ2) is 8.76. The number of ether oxygens (including phenoxy) is 1. The van der Waals surface area contributed by atoms with Gasteiger partial charge < -0.3 is 14.6 Å². The third kappa shape index (κ3) is 4.12. The first-order valence-corrected chi connectivity index (χ1v) is 10.5. The van der Waals surface area contributed by atoms with E-state index in [1.165, 1.54) is 11.7 Å². The van der Waals surface area contributed by atoms with E-state index in [1.807, 2.05) is 0 Å². The van der Waals surface area contributed by atoms with E-state index in [1.54, 1.807) is 61.1 Å². The van der Waals surface area contributed by atoms with Gasteiger partial charge in [-0.25, -0.2) is 9.59 Å². The highest BCUT2D eigenvalue weighted by molar-refractivity contribution is 6.42. The minimum Gasteiger partial charge on any atom is -0.465 e. The van der Waals surface area contributed by atoms with Crippen molar-refractivity contribution in [2.75, 3.05) is 12.4 Å². The molecule has 170 valence electrons. The average molecular weight is 488 g/mol. The molecule has 2 aromatic heterocycles. The lowest BCUT2D eigenvalue weighted by Crippen LogP contribution is -2.39. The number of benzene rings is 2. The highest BCUT2D eigenvalue weighted by Gasteiger charge is 2.19. The Kier molecular flexibility index (Phi) is 6.01. The fraction of sp³-hybridized carbons (Fsp3) is 0.182. The first-order chi connectivity index (χ1) is 15.7. The molecule has 2 aromatic carbocycles. The monoisotopic (exact) mass is 487 g/mol. The Hall–Kier alpha value is -3.56. The van der Waals surface area contributed by atoms with Crippen LogP contribution in [0.2, 0.25) is 10.0 Å². The smallest absolute Gasteiger partial charge is 0.337 e. The Morgan fingerprint density at radius 1 is 1.03 bits per heavy atom. The molecular formula is C22H19Cl2N5O4. The first kappa shape index (κ1) is 22.6. The lowest BCUT2D eigenvalue weighted by molar-refractivity contribution is 0.0601. The molecule has 0 amide bonds. The zero-order valence-electron chi connectivity index (χ0n) is 17.9. The number of aromatic nitrogens is 4. The van der Waals surface area contributed by atoms with Crippen molar-refractivity contribution in [1.29, 1.82) is 0 Å². The molecule has 1 N–H and O–H groups in total. The van der Waals surface area contributed by atoms with Gasteiger partial charge in [0.1, 0.15) is 0 Å². The van der Waals surface area contributed by atoms with Crippen molar-refractivity contribution in [3.05, 3.63) is 84.5 Å². The third-order valence-electron chi connectivity index (χ3n) is 5.25. The summed E-state index contributed by atoms with van der Waals surface area (Å²) < 4.78 is 8.72. The summed E-state index contributed by atoms with van der Waals surface area (Å²) in [5.74, 6) is -0.0861. The lowest BCUT2D eigenvalue weighted by atomic mass is 10.2. The van der Waals surface area contributed by atoms with Gasteiger partial charge in [-0.15, -0.1) is 0 Å². The minimum atomic E-state index is -0.509. The molecule has 0 bridgehead atoms. The Bertz CT molecular complexity index is 1500. The largest absolute Gasteiger partial charge is 0.465 e. The molecule has 0 aliphatic carbocycles. The Labute approximate surface area is 197 Å². The van der Waals surface area contributed by atoms with E-state index in [2.05, 4.69) is 10.3 Å². The van der Waals surface area contributed by atoms with Crippen molar-refractivity contribution in [2.45, 2.75) is 6.54 Å². The quantitative estimate of drug-likeness (QED) is 0.433. The topological polar surface area (TPSA) is 100 Å². The number of methoxy groups -OCH3 is 1. The van der Waals surface area contributed by atoms with Crippen molar-refractivity contribution in [2.24, 2.45) is 14.1 Å². The van der Waals surface area contributed by atoms with Crippen LogP contribution in [0.5, 0.6) is 0 Å². The van der Waals surface area contributed by atoms with Crippen molar-refractivity contribution < 1.29 is 9.53 Å². The number of aryl methyl sites for hydroxylation is 2. The zero-order chi connectivity index (χ0) is 23.9. The molecule has 0 radical (unpaired) electrons. The van der Waals surface area contributed by atoms with Gasteiger partial charge in [0.2, 0.25) is 5.95 Å². The highest BCUT2D eigenvalue weighted by Crippen LogP contribution is 2.23. The van der Waals surface area contributed by atoms with E-state index < -0.39 is 17.2 Å². The average Bonchev–Trinajstić information content (AvgIpc) is 3.13. The molecular weight excluding hydrogens is 469 g/mol. The number of halogens is 2. The molecule has 0 spiro atoms. The number of nitrogens with zero attached hydrogens (tertiary/aromatic N) is 4. The van der Waals surface area contributed by atoms with Crippen LogP contribution in [0.4, 0.5) is 11.6 Å². The molecule has 9 nitrogen and oxygen atoms in total. The van der Waals surface area contributed by atoms with Gasteiger partial charge in [-0.1, -0.05) is 29.3 Å². The van der Waals surface area contributed by atoms with Gasteiger partial charge in [0.05, 0.1) is 29.3 Å². The van der Waals surface area contributed by atoms with E-state index in [-0.39, 0.29) is 17.7 Å². The molecule has 0 saturated carbocycles. The summed E-state index contributed by atoms with van der Waals surface area (Å²) in [7, 11) is 4.54. The van der Waals surface area contributed by atoms with Gasteiger partial charge in [0, 0.05) is 19.8 Å². The first-order valence-electron chi connectivity index (χ1n) is 9.77. The van der Waals surface area contributed by atoms with Crippen LogP contribution in [0.15, 0.2) is 52.1 Å². The van der Waals surface area contributed by atoms with Gasteiger partial charge in [-0.3, -0.25) is 13.9 Å². The maximum absolute atomic E-state index is 13.2. The molecule has 33 heavy (non-hydrogen) atoms. The lowest BCUT2D eigenvalue weighted by Gasteiger charge is -2.09. The van der Waals surface area contributed by atoms with Crippen molar-refractivity contribution >= 4 is 52.0 Å². The molecule has 2 heterocycles. The molecule has 0 unspecified atom stereocenters. The SMILES string of the molecule is COC(=O)c1ccc(Nc2nc3c(c(=O)n(Cc4ccc(Cl)c(Cl)c4)c(=O)n3C)n2C)cc1. The predicted octanol–water partition coefficient (Wildman–Crippen LogP) is 3.32. The number of hydrogen-bond acceptors (Lipinski definition) is 6. The van der Waals surface area contributed by atoms with Crippen LogP contribution >= 0.6 is 23.2 Å². The molecule has 0 aliphatic heterocycles. The summed E-state index contributed by atoms with van der Waals surface area (Å²) in [4.78, 5) is 42.2. The minimum absolute atomic E-state index is 0.0290. The van der Waals surface area contributed by atoms with Crippen molar-refractivity contribution in [1.82, 2.24) is 18.7 Å². The van der Waals surface area contributed by atoms with E-state index >= 15 is 0 Å². The number of hydrogen-bond donors (Lipinski definition) is 1. The number of imidazole rings is 1. The number of nitrogens with one attached hydrogen (secondary N) is 1. The maximum Gasteiger partial charge on any atom is 0.337 e. The van der Waals surface area contributed by atoms with E-state index in [0.29, 0.717) is 32.8 Å². The molecule has 11 heteroatoms. The van der Waals surface area contributed by atoms with E-state index in [0.717, 1.165) is 4.57 Å². The van der Waals surface area contributed by atoms with Crippen LogP contribution in [0.25, 0.3) is 11.2 Å². The van der Waals surface area contributed by atoms with Gasteiger partial charge >= 0.3 is 11.7 Å². The third-order valence-corrected chi connectivity index (χ3v) is 5.99. The van der Waals surface area contributed by atoms with Crippen LogP contribution in [-0.2, 0) is 25.4 Å². The Balaban J connectivity index is 1.75. The van der Waals surface area contributed by atoms with E-state index in [4.69, 9.17) is 27.9 Å². The number of carbonyl (C=O) groups is 1. The van der Waals surface area contributed by atoms with Crippen LogP contribution in [0.3, 0.4) is 0 Å². The molecule has 0 fully saturated rings. The number of esters is 1. The summed E-state index contributed by atoms with van der Waals surface area (Å²) >= 11 is 12.0. The van der Waals surface area contributed by atoms with Crippen molar-refractivity contribution in [3.8, 4) is 0 Å². The van der Waals surface area contributed by atoms with Crippen LogP contribution in [-0.4, -0.2) is 31.8 Å². The van der Waals surface area contributed by atoms with Crippen molar-refractivity contribution in [3.63, 3.8) is 0 Å². The summed E-state index contributed by atoms with van der Waals surface area (Å²) in [5, 5.41) is 3.83. The van der Waals surface area contributed by atoms with Gasteiger partial charge in [0.15, 0.2) is 11.2 Å². The molecule has 0 saturated heterocycles. The normalized spacial score (nSPS) is 11.1. The standard InChI is InChI=1S/C22H19Cl2N5O4/c1-27-17-18(26-21(27)25-14-7-5-13(6-8-14)20(31)33-3)28(2)22(32)29(19(17)30)11-12-4-9-15(23)16(24)10-12/h4-10H,11H2,1-3H3,(H,25,26). The maximum atomic E-state index is 13.2. The molecule has 4 aromatic rings. The fourth-order valence-electron chi connectivity index (χ4n) is 3.45. The summed E-state index contributed by atoms with van der Waals surface area (Å²) in [6.07, 6.45) is 0. The predicted molar refractivity (Wildman–Crippen MR) is 127 cm³/mol. The van der Waals surface area contributed by atoms with Gasteiger partial charge in [0.25, 0.3) is 5.56 Å². The molecule has 0 aliphatic rings. The van der Waals surface area contributed by atoms with Crippen LogP contribution in [0.1, 0.15) is 15.9 Å². The number of anilines is 2.